The zero-order valence-corrected chi connectivity index (χ0v) is 12.9. The lowest BCUT2D eigenvalue weighted by Gasteiger charge is -2.31. The molecule has 0 unspecified atom stereocenters. The van der Waals surface area contributed by atoms with Crippen LogP contribution in [-0.4, -0.2) is 52.7 Å². The Kier molecular flexibility index (Phi) is 4.28. The first-order valence-electron chi connectivity index (χ1n) is 6.72. The van der Waals surface area contributed by atoms with Crippen LogP contribution in [0.25, 0.3) is 5.70 Å². The second-order valence-corrected chi connectivity index (χ2v) is 4.99. The van der Waals surface area contributed by atoms with Crippen LogP contribution < -0.4 is 5.84 Å². The first kappa shape index (κ1) is 16.4. The standard InChI is InChI=1S/C15H16N4O4/c1-9(20)19(16)12(10-7-5-4-6-8-10)11-13(21)17(2)15(23)18(3)14(11)22/h4-8H,16H2,1-3H3. The van der Waals surface area contributed by atoms with Crippen molar-refractivity contribution in [3.8, 4) is 0 Å². The van der Waals surface area contributed by atoms with Crippen LogP contribution in [0.4, 0.5) is 4.79 Å². The largest absolute Gasteiger partial charge is 0.333 e. The summed E-state index contributed by atoms with van der Waals surface area (Å²) in [5, 5.41) is 0.734. The number of benzene rings is 1. The van der Waals surface area contributed by atoms with Crippen LogP contribution in [-0.2, 0) is 14.4 Å². The van der Waals surface area contributed by atoms with Gasteiger partial charge in [0.1, 0.15) is 5.57 Å². The minimum absolute atomic E-state index is 0.0423. The van der Waals surface area contributed by atoms with Crippen molar-refractivity contribution in [2.45, 2.75) is 6.92 Å². The molecule has 0 atom stereocenters. The van der Waals surface area contributed by atoms with Crippen LogP contribution in [0.2, 0.25) is 0 Å². The lowest BCUT2D eigenvalue weighted by Crippen LogP contribution is -2.54. The van der Waals surface area contributed by atoms with Crippen molar-refractivity contribution in [1.29, 1.82) is 0 Å². The van der Waals surface area contributed by atoms with Crippen LogP contribution in [0.1, 0.15) is 12.5 Å². The zero-order valence-electron chi connectivity index (χ0n) is 12.9. The maximum Gasteiger partial charge on any atom is 0.333 e. The number of rotatable bonds is 2. The Morgan fingerprint density at radius 3 is 1.91 bits per heavy atom. The lowest BCUT2D eigenvalue weighted by molar-refractivity contribution is -0.134. The second-order valence-electron chi connectivity index (χ2n) is 4.99. The molecule has 0 bridgehead atoms. The predicted molar refractivity (Wildman–Crippen MR) is 81.0 cm³/mol. The number of carbonyl (C=O) groups is 4. The quantitative estimate of drug-likeness (QED) is 0.275. The van der Waals surface area contributed by atoms with Gasteiger partial charge in [0, 0.05) is 26.6 Å². The van der Waals surface area contributed by atoms with Gasteiger partial charge in [-0.05, 0) is 0 Å². The first-order valence-corrected chi connectivity index (χ1v) is 6.72. The van der Waals surface area contributed by atoms with Gasteiger partial charge in [-0.1, -0.05) is 30.3 Å². The summed E-state index contributed by atoms with van der Waals surface area (Å²) in [6.45, 7) is 1.21. The van der Waals surface area contributed by atoms with Crippen LogP contribution in [0.3, 0.4) is 0 Å². The number of amides is 5. The van der Waals surface area contributed by atoms with Gasteiger partial charge in [-0.25, -0.2) is 15.6 Å². The highest BCUT2D eigenvalue weighted by Gasteiger charge is 2.41. The Balaban J connectivity index is 2.76. The Bertz CT molecular complexity index is 700. The summed E-state index contributed by atoms with van der Waals surface area (Å²) in [4.78, 5) is 50.0. The van der Waals surface area contributed by atoms with Gasteiger partial charge in [-0.15, -0.1) is 0 Å². The van der Waals surface area contributed by atoms with Crippen LogP contribution in [0.5, 0.6) is 0 Å². The van der Waals surface area contributed by atoms with Crippen molar-refractivity contribution < 1.29 is 19.2 Å². The third kappa shape index (κ3) is 2.71. The number of barbiturate groups is 1. The molecule has 23 heavy (non-hydrogen) atoms. The summed E-state index contributed by atoms with van der Waals surface area (Å²) in [6.07, 6.45) is 0. The SMILES string of the molecule is CC(=O)N(N)C(=C1C(=O)N(C)C(=O)N(C)C1=O)c1ccccc1. The minimum atomic E-state index is -0.811. The first-order chi connectivity index (χ1) is 10.8. The van der Waals surface area contributed by atoms with Gasteiger partial charge in [-0.3, -0.25) is 24.2 Å². The van der Waals surface area contributed by atoms with Crippen LogP contribution >= 0.6 is 0 Å². The van der Waals surface area contributed by atoms with E-state index in [0.717, 1.165) is 14.8 Å². The lowest BCUT2D eigenvalue weighted by atomic mass is 10.0. The molecule has 0 aromatic heterocycles. The van der Waals surface area contributed by atoms with E-state index in [1.807, 2.05) is 0 Å². The van der Waals surface area contributed by atoms with E-state index in [1.54, 1.807) is 30.3 Å². The third-order valence-electron chi connectivity index (χ3n) is 3.48. The molecule has 120 valence electrons. The van der Waals surface area contributed by atoms with E-state index in [-0.39, 0.29) is 11.3 Å². The molecule has 0 radical (unpaired) electrons. The Labute approximate surface area is 132 Å². The molecule has 2 rings (SSSR count). The fraction of sp³-hybridized carbons (Fsp3) is 0.200. The maximum atomic E-state index is 12.4. The second kappa shape index (κ2) is 6.01. The van der Waals surface area contributed by atoms with Gasteiger partial charge in [0.05, 0.1) is 5.70 Å². The van der Waals surface area contributed by atoms with Gasteiger partial charge < -0.3 is 0 Å². The maximum absolute atomic E-state index is 12.4. The van der Waals surface area contributed by atoms with Gasteiger partial charge in [0.15, 0.2) is 0 Å². The number of hydrogen-bond acceptors (Lipinski definition) is 5. The molecule has 0 saturated carbocycles. The van der Waals surface area contributed by atoms with E-state index in [9.17, 15) is 19.2 Å². The van der Waals surface area contributed by atoms with E-state index in [0.29, 0.717) is 5.56 Å². The highest BCUT2D eigenvalue weighted by atomic mass is 16.2. The number of nitrogens with zero attached hydrogens (tertiary/aromatic N) is 3. The van der Waals surface area contributed by atoms with Gasteiger partial charge in [0.25, 0.3) is 11.8 Å². The molecule has 1 heterocycles. The van der Waals surface area contributed by atoms with Gasteiger partial charge in [0.2, 0.25) is 5.91 Å². The Morgan fingerprint density at radius 2 is 1.48 bits per heavy atom. The van der Waals surface area contributed by atoms with Crippen LogP contribution in [0, 0.1) is 0 Å². The topological polar surface area (TPSA) is 104 Å². The van der Waals surface area contributed by atoms with Crippen molar-refractivity contribution in [1.82, 2.24) is 14.8 Å². The van der Waals surface area contributed by atoms with E-state index >= 15 is 0 Å². The molecule has 8 heteroatoms. The highest BCUT2D eigenvalue weighted by molar-refractivity contribution is 6.32. The molecule has 5 amide bonds. The van der Waals surface area contributed by atoms with E-state index < -0.39 is 23.8 Å². The molecule has 8 nitrogen and oxygen atoms in total. The molecule has 0 spiro atoms. The molecule has 1 aliphatic heterocycles. The van der Waals surface area contributed by atoms with E-state index in [1.165, 1.54) is 21.0 Å². The summed E-state index contributed by atoms with van der Waals surface area (Å²) in [5.74, 6) is 3.59. The molecule has 1 fully saturated rings. The zero-order chi connectivity index (χ0) is 17.3. The van der Waals surface area contributed by atoms with Crippen molar-refractivity contribution >= 4 is 29.4 Å². The number of urea groups is 1. The van der Waals surface area contributed by atoms with Crippen molar-refractivity contribution in [3.05, 3.63) is 41.5 Å². The van der Waals surface area contributed by atoms with E-state index in [2.05, 4.69) is 0 Å². The number of likely N-dealkylation sites (N-methyl/N-ethyl adjacent to an activating group) is 2. The van der Waals surface area contributed by atoms with Crippen LogP contribution in [0.15, 0.2) is 35.9 Å². The fourth-order valence-electron chi connectivity index (χ4n) is 2.19. The smallest absolute Gasteiger partial charge is 0.273 e. The number of nitrogens with two attached hydrogens (primary N) is 1. The van der Waals surface area contributed by atoms with Crippen molar-refractivity contribution in [2.75, 3.05) is 14.1 Å². The predicted octanol–water partition coefficient (Wildman–Crippen LogP) is 0.170. The Morgan fingerprint density at radius 1 is 1.00 bits per heavy atom. The molecule has 1 saturated heterocycles. The van der Waals surface area contributed by atoms with Crippen molar-refractivity contribution in [3.63, 3.8) is 0 Å². The normalized spacial score (nSPS) is 15.1. The summed E-state index contributed by atoms with van der Waals surface area (Å²) >= 11 is 0. The average molecular weight is 316 g/mol. The fourth-order valence-corrected chi connectivity index (χ4v) is 2.19. The van der Waals surface area contributed by atoms with E-state index in [4.69, 9.17) is 5.84 Å². The summed E-state index contributed by atoms with van der Waals surface area (Å²) < 4.78 is 0. The average Bonchev–Trinajstić information content (AvgIpc) is 2.55. The third-order valence-corrected chi connectivity index (χ3v) is 3.48. The molecular formula is C15H16N4O4. The van der Waals surface area contributed by atoms with Crippen molar-refractivity contribution in [2.24, 2.45) is 5.84 Å². The molecule has 1 aliphatic rings. The van der Waals surface area contributed by atoms with Gasteiger partial charge in [-0.2, -0.15) is 0 Å². The number of hydrogen-bond donors (Lipinski definition) is 1. The molecule has 2 N–H and O–H groups in total. The molecular weight excluding hydrogens is 300 g/mol. The number of hydrazine groups is 1. The molecule has 1 aromatic rings. The summed E-state index contributed by atoms with van der Waals surface area (Å²) in [5.41, 5.74) is 0.0378. The molecule has 1 aromatic carbocycles. The number of imide groups is 2. The highest BCUT2D eigenvalue weighted by Crippen LogP contribution is 2.26. The summed E-state index contributed by atoms with van der Waals surface area (Å²) in [6, 6.07) is 7.58. The monoisotopic (exact) mass is 316 g/mol. The minimum Gasteiger partial charge on any atom is -0.273 e. The Hall–Kier alpha value is -3.00. The van der Waals surface area contributed by atoms with Gasteiger partial charge >= 0.3 is 6.03 Å². The number of carbonyl (C=O) groups excluding carboxylic acids is 4. The summed E-state index contributed by atoms with van der Waals surface area (Å²) in [7, 11) is 2.51. The molecule has 0 aliphatic carbocycles.